The average molecular weight is 308 g/mol. The van der Waals surface area contributed by atoms with Gasteiger partial charge in [-0.1, -0.05) is 54.6 Å². The van der Waals surface area contributed by atoms with Gasteiger partial charge in [0.2, 0.25) is 11.8 Å². The van der Waals surface area contributed by atoms with Gasteiger partial charge in [-0.05, 0) is 36.0 Å². The molecule has 0 aromatic heterocycles. The Bertz CT molecular complexity index is 712. The van der Waals surface area contributed by atoms with Gasteiger partial charge in [-0.2, -0.15) is 0 Å². The van der Waals surface area contributed by atoms with Crippen LogP contribution in [0.1, 0.15) is 41.5 Å². The third-order valence-corrected chi connectivity index (χ3v) is 4.39. The van der Waals surface area contributed by atoms with E-state index in [1.165, 1.54) is 5.56 Å². The Morgan fingerprint density at radius 2 is 1.74 bits per heavy atom. The maximum Gasteiger partial charge on any atom is 0.244 e. The van der Waals surface area contributed by atoms with Crippen LogP contribution in [-0.2, 0) is 16.0 Å². The Hall–Kier alpha value is -2.62. The lowest BCUT2D eigenvalue weighted by Gasteiger charge is -2.26. The molecule has 0 radical (unpaired) electrons. The fourth-order valence-corrected chi connectivity index (χ4v) is 3.23. The molecule has 1 aliphatic rings. The summed E-state index contributed by atoms with van der Waals surface area (Å²) in [5, 5.41) is 2.83. The van der Waals surface area contributed by atoms with Gasteiger partial charge in [0.25, 0.3) is 0 Å². The zero-order valence-corrected chi connectivity index (χ0v) is 12.9. The molecular weight excluding hydrogens is 288 g/mol. The summed E-state index contributed by atoms with van der Waals surface area (Å²) in [6, 6.07) is 16.3. The summed E-state index contributed by atoms with van der Waals surface area (Å²) in [6.45, 7) is 0. The van der Waals surface area contributed by atoms with Crippen molar-refractivity contribution in [3.8, 4) is 0 Å². The number of rotatable bonds is 4. The number of amides is 2. The average Bonchev–Trinajstić information content (AvgIpc) is 2.59. The van der Waals surface area contributed by atoms with E-state index >= 15 is 0 Å². The predicted molar refractivity (Wildman–Crippen MR) is 88.6 cm³/mol. The molecule has 2 atom stereocenters. The van der Waals surface area contributed by atoms with E-state index in [-0.39, 0.29) is 11.8 Å². The molecule has 0 aliphatic heterocycles. The zero-order chi connectivity index (χ0) is 16.2. The van der Waals surface area contributed by atoms with E-state index in [0.717, 1.165) is 24.8 Å². The molecular formula is C19H20N2O2. The highest BCUT2D eigenvalue weighted by Gasteiger charge is 2.29. The normalized spacial score (nSPS) is 17.8. The van der Waals surface area contributed by atoms with Crippen molar-refractivity contribution in [2.24, 2.45) is 5.73 Å². The second kappa shape index (κ2) is 6.65. The SMILES string of the molecule is NC(=O)[C@@H](NC(=O)[C@@H]1CCCc2ccccc21)c1ccccc1. The van der Waals surface area contributed by atoms with Gasteiger partial charge in [-0.3, -0.25) is 9.59 Å². The van der Waals surface area contributed by atoms with Crippen LogP contribution in [0.3, 0.4) is 0 Å². The number of carbonyl (C=O) groups excluding carboxylic acids is 2. The first-order valence-corrected chi connectivity index (χ1v) is 7.89. The quantitative estimate of drug-likeness (QED) is 0.910. The van der Waals surface area contributed by atoms with Gasteiger partial charge in [0.15, 0.2) is 0 Å². The molecule has 0 unspecified atom stereocenters. The Morgan fingerprint density at radius 3 is 2.48 bits per heavy atom. The van der Waals surface area contributed by atoms with Gasteiger partial charge in [0.1, 0.15) is 6.04 Å². The number of nitrogens with one attached hydrogen (secondary N) is 1. The molecule has 23 heavy (non-hydrogen) atoms. The molecule has 4 nitrogen and oxygen atoms in total. The number of benzene rings is 2. The van der Waals surface area contributed by atoms with Crippen molar-refractivity contribution in [3.63, 3.8) is 0 Å². The van der Waals surface area contributed by atoms with Crippen LogP contribution < -0.4 is 11.1 Å². The lowest BCUT2D eigenvalue weighted by atomic mass is 9.82. The zero-order valence-electron chi connectivity index (χ0n) is 12.9. The van der Waals surface area contributed by atoms with Crippen molar-refractivity contribution in [1.29, 1.82) is 0 Å². The fourth-order valence-electron chi connectivity index (χ4n) is 3.23. The molecule has 4 heteroatoms. The van der Waals surface area contributed by atoms with Gasteiger partial charge in [-0.25, -0.2) is 0 Å². The number of aryl methyl sites for hydroxylation is 1. The number of fused-ring (bicyclic) bond motifs is 1. The van der Waals surface area contributed by atoms with Crippen molar-refractivity contribution in [1.82, 2.24) is 5.32 Å². The Morgan fingerprint density at radius 1 is 1.04 bits per heavy atom. The third-order valence-electron chi connectivity index (χ3n) is 4.39. The molecule has 2 amide bonds. The highest BCUT2D eigenvalue weighted by molar-refractivity contribution is 5.91. The molecule has 3 rings (SSSR count). The number of hydrogen-bond acceptors (Lipinski definition) is 2. The standard InChI is InChI=1S/C19H20N2O2/c20-18(22)17(14-8-2-1-3-9-14)21-19(23)16-12-6-10-13-7-4-5-11-15(13)16/h1-5,7-9,11,16-17H,6,10,12H2,(H2,20,22)(H,21,23)/t16-,17+/m1/s1. The van der Waals surface area contributed by atoms with Crippen molar-refractivity contribution >= 4 is 11.8 Å². The number of hydrogen-bond donors (Lipinski definition) is 2. The molecule has 0 heterocycles. The summed E-state index contributed by atoms with van der Waals surface area (Å²) >= 11 is 0. The van der Waals surface area contributed by atoms with Crippen LogP contribution in [-0.4, -0.2) is 11.8 Å². The first kappa shape index (κ1) is 15.3. The van der Waals surface area contributed by atoms with Crippen LogP contribution in [0.2, 0.25) is 0 Å². The molecule has 118 valence electrons. The Kier molecular flexibility index (Phi) is 4.42. The molecule has 0 spiro atoms. The molecule has 2 aromatic carbocycles. The lowest BCUT2D eigenvalue weighted by molar-refractivity contribution is -0.128. The van der Waals surface area contributed by atoms with Crippen LogP contribution in [0.4, 0.5) is 0 Å². The van der Waals surface area contributed by atoms with Crippen molar-refractivity contribution < 1.29 is 9.59 Å². The topological polar surface area (TPSA) is 72.2 Å². The van der Waals surface area contributed by atoms with Gasteiger partial charge in [-0.15, -0.1) is 0 Å². The maximum absolute atomic E-state index is 12.7. The second-order valence-corrected chi connectivity index (χ2v) is 5.90. The summed E-state index contributed by atoms with van der Waals surface area (Å²) in [6.07, 6.45) is 2.77. The maximum atomic E-state index is 12.7. The lowest BCUT2D eigenvalue weighted by Crippen LogP contribution is -2.40. The van der Waals surface area contributed by atoms with Crippen LogP contribution in [0.15, 0.2) is 54.6 Å². The van der Waals surface area contributed by atoms with E-state index in [4.69, 9.17) is 5.73 Å². The highest BCUT2D eigenvalue weighted by atomic mass is 16.2. The van der Waals surface area contributed by atoms with E-state index in [1.54, 1.807) is 12.1 Å². The van der Waals surface area contributed by atoms with E-state index in [1.807, 2.05) is 36.4 Å². The predicted octanol–water partition coefficient (Wildman–Crippen LogP) is 2.45. The van der Waals surface area contributed by atoms with Crippen molar-refractivity contribution in [2.45, 2.75) is 31.2 Å². The van der Waals surface area contributed by atoms with E-state index in [9.17, 15) is 9.59 Å². The van der Waals surface area contributed by atoms with Gasteiger partial charge in [0, 0.05) is 0 Å². The highest BCUT2D eigenvalue weighted by Crippen LogP contribution is 2.32. The van der Waals surface area contributed by atoms with E-state index < -0.39 is 11.9 Å². The summed E-state index contributed by atoms with van der Waals surface area (Å²) in [7, 11) is 0. The fraction of sp³-hybridized carbons (Fsp3) is 0.263. The third kappa shape index (κ3) is 3.26. The monoisotopic (exact) mass is 308 g/mol. The largest absolute Gasteiger partial charge is 0.368 e. The summed E-state index contributed by atoms with van der Waals surface area (Å²) in [5.74, 6) is -0.899. The van der Waals surface area contributed by atoms with Crippen LogP contribution >= 0.6 is 0 Å². The molecule has 0 saturated carbocycles. The summed E-state index contributed by atoms with van der Waals surface area (Å²) in [4.78, 5) is 24.5. The minimum absolute atomic E-state index is 0.134. The Labute approximate surface area is 135 Å². The number of nitrogens with two attached hydrogens (primary N) is 1. The molecule has 3 N–H and O–H groups in total. The number of primary amides is 1. The summed E-state index contributed by atoms with van der Waals surface area (Å²) in [5.41, 5.74) is 8.47. The first-order chi connectivity index (χ1) is 11.2. The van der Waals surface area contributed by atoms with Crippen LogP contribution in [0.25, 0.3) is 0 Å². The molecule has 1 aliphatic carbocycles. The van der Waals surface area contributed by atoms with Crippen molar-refractivity contribution in [2.75, 3.05) is 0 Å². The molecule has 2 aromatic rings. The van der Waals surface area contributed by atoms with Crippen LogP contribution in [0, 0.1) is 0 Å². The summed E-state index contributed by atoms with van der Waals surface area (Å²) < 4.78 is 0. The van der Waals surface area contributed by atoms with Gasteiger partial charge >= 0.3 is 0 Å². The minimum Gasteiger partial charge on any atom is -0.368 e. The van der Waals surface area contributed by atoms with Gasteiger partial charge in [0.05, 0.1) is 5.92 Å². The smallest absolute Gasteiger partial charge is 0.244 e. The first-order valence-electron chi connectivity index (χ1n) is 7.89. The molecule has 0 saturated heterocycles. The molecule has 0 fully saturated rings. The Balaban J connectivity index is 1.82. The second-order valence-electron chi connectivity index (χ2n) is 5.90. The number of carbonyl (C=O) groups is 2. The van der Waals surface area contributed by atoms with E-state index in [0.29, 0.717) is 5.56 Å². The van der Waals surface area contributed by atoms with Crippen molar-refractivity contribution in [3.05, 3.63) is 71.3 Å². The minimum atomic E-state index is -0.794. The van der Waals surface area contributed by atoms with E-state index in [2.05, 4.69) is 11.4 Å². The van der Waals surface area contributed by atoms with Crippen LogP contribution in [0.5, 0.6) is 0 Å². The molecule has 0 bridgehead atoms. The van der Waals surface area contributed by atoms with Gasteiger partial charge < -0.3 is 11.1 Å².